The first-order chi connectivity index (χ1) is 10.5. The number of nitrogens with zero attached hydrogens (tertiary/aromatic N) is 1. The van der Waals surface area contributed by atoms with Crippen LogP contribution < -0.4 is 10.2 Å². The van der Waals surface area contributed by atoms with Gasteiger partial charge in [0, 0.05) is 6.07 Å². The summed E-state index contributed by atoms with van der Waals surface area (Å²) in [6.45, 7) is 2.75. The highest BCUT2D eigenvalue weighted by Crippen LogP contribution is 2.27. The van der Waals surface area contributed by atoms with E-state index < -0.39 is 4.92 Å². The van der Waals surface area contributed by atoms with Gasteiger partial charge in [-0.2, -0.15) is 0 Å². The van der Waals surface area contributed by atoms with Gasteiger partial charge in [0.2, 0.25) is 0 Å². The van der Waals surface area contributed by atoms with Crippen LogP contribution in [0.25, 0.3) is 0 Å². The maximum Gasteiger partial charge on any atom is 0.293 e. The summed E-state index contributed by atoms with van der Waals surface area (Å²) in [5, 5.41) is 15.7. The van der Waals surface area contributed by atoms with Gasteiger partial charge >= 0.3 is 0 Å². The van der Waals surface area contributed by atoms with Gasteiger partial charge in [-0.3, -0.25) is 14.9 Å². The zero-order valence-corrected chi connectivity index (χ0v) is 13.3. The zero-order valence-electron chi connectivity index (χ0n) is 12.5. The molecule has 2 aromatic rings. The second kappa shape index (κ2) is 7.15. The number of hydrogen-bond acceptors (Lipinski definition) is 4. The summed E-state index contributed by atoms with van der Waals surface area (Å²) in [5.41, 5.74) is 0.879. The lowest BCUT2D eigenvalue weighted by Crippen LogP contribution is -3.08. The average molecular weight is 320 g/mol. The molecule has 2 N–H and O–H groups in total. The Morgan fingerprint density at radius 2 is 2.14 bits per heavy atom. The van der Waals surface area contributed by atoms with Crippen molar-refractivity contribution in [3.05, 3.63) is 56.3 Å². The van der Waals surface area contributed by atoms with Gasteiger partial charge in [-0.25, -0.2) is 0 Å². The van der Waals surface area contributed by atoms with Crippen LogP contribution in [-0.2, 0) is 11.3 Å². The van der Waals surface area contributed by atoms with Crippen LogP contribution in [0.3, 0.4) is 0 Å². The quantitative estimate of drug-likeness (QED) is 0.627. The number of nitro benzene ring substituents is 1. The van der Waals surface area contributed by atoms with Crippen LogP contribution >= 0.6 is 11.3 Å². The number of hydrogen-bond donors (Lipinski definition) is 2. The van der Waals surface area contributed by atoms with E-state index in [1.165, 1.54) is 10.9 Å². The van der Waals surface area contributed by atoms with Crippen molar-refractivity contribution >= 4 is 28.6 Å². The first kappa shape index (κ1) is 16.1. The third kappa shape index (κ3) is 4.12. The molecule has 1 aromatic heterocycles. The van der Waals surface area contributed by atoms with Crippen molar-refractivity contribution in [2.75, 3.05) is 18.9 Å². The van der Waals surface area contributed by atoms with E-state index >= 15 is 0 Å². The number of quaternary nitrogens is 1. The molecule has 0 fully saturated rings. The second-order valence-electron chi connectivity index (χ2n) is 5.16. The molecular weight excluding hydrogens is 302 g/mol. The number of benzene rings is 1. The number of amides is 1. The second-order valence-corrected chi connectivity index (χ2v) is 6.20. The molecule has 0 aliphatic heterocycles. The Kier molecular flexibility index (Phi) is 5.24. The number of nitro groups is 1. The van der Waals surface area contributed by atoms with Crippen molar-refractivity contribution < 1.29 is 14.6 Å². The fraction of sp³-hybridized carbons (Fsp3) is 0.267. The number of likely N-dealkylation sites (N-methyl/N-ethyl adjacent to an activating group) is 1. The topological polar surface area (TPSA) is 76.7 Å². The summed E-state index contributed by atoms with van der Waals surface area (Å²) in [7, 11) is 1.92. The van der Waals surface area contributed by atoms with E-state index in [1.807, 2.05) is 24.6 Å². The minimum atomic E-state index is -0.481. The fourth-order valence-corrected chi connectivity index (χ4v) is 3.02. The van der Waals surface area contributed by atoms with E-state index in [9.17, 15) is 14.9 Å². The van der Waals surface area contributed by atoms with Crippen LogP contribution in [-0.4, -0.2) is 24.4 Å². The maximum absolute atomic E-state index is 12.1. The molecule has 0 bridgehead atoms. The summed E-state index contributed by atoms with van der Waals surface area (Å²) >= 11 is 1.65. The Balaban J connectivity index is 2.01. The lowest BCUT2D eigenvalue weighted by atomic mass is 10.1. The van der Waals surface area contributed by atoms with Crippen LogP contribution in [0.15, 0.2) is 35.7 Å². The van der Waals surface area contributed by atoms with Crippen LogP contribution in [0.4, 0.5) is 11.4 Å². The Morgan fingerprint density at radius 3 is 2.77 bits per heavy atom. The zero-order chi connectivity index (χ0) is 16.1. The molecule has 6 nitrogen and oxygen atoms in total. The van der Waals surface area contributed by atoms with E-state index in [-0.39, 0.29) is 23.8 Å². The molecule has 1 aromatic carbocycles. The summed E-state index contributed by atoms with van der Waals surface area (Å²) in [6, 6.07) is 8.75. The lowest BCUT2D eigenvalue weighted by Gasteiger charge is -2.13. The molecule has 116 valence electrons. The molecule has 0 spiro atoms. The number of nitrogens with one attached hydrogen (secondary N) is 2. The Morgan fingerprint density at radius 1 is 1.36 bits per heavy atom. The molecule has 1 atom stereocenters. The largest absolute Gasteiger partial charge is 0.325 e. The molecule has 7 heteroatoms. The monoisotopic (exact) mass is 320 g/mol. The van der Waals surface area contributed by atoms with E-state index in [2.05, 4.69) is 5.32 Å². The van der Waals surface area contributed by atoms with Crippen LogP contribution in [0.1, 0.15) is 10.4 Å². The molecule has 1 amide bonds. The standard InChI is InChI=1S/C15H17N3O3S/c1-11-5-3-7-13(18(20)21)15(11)16-14(19)10-17(2)9-12-6-4-8-22-12/h3-8H,9-10H2,1-2H3,(H,16,19)/p+1. The first-order valence-electron chi connectivity index (χ1n) is 6.85. The number of rotatable bonds is 6. The fourth-order valence-electron chi connectivity index (χ4n) is 2.20. The molecule has 1 unspecified atom stereocenters. The van der Waals surface area contributed by atoms with Crippen molar-refractivity contribution in [1.82, 2.24) is 0 Å². The Labute approximate surface area is 132 Å². The number of carbonyl (C=O) groups excluding carboxylic acids is 1. The normalized spacial score (nSPS) is 11.9. The van der Waals surface area contributed by atoms with Gasteiger partial charge < -0.3 is 10.2 Å². The average Bonchev–Trinajstić information content (AvgIpc) is 2.93. The Bertz CT molecular complexity index is 671. The van der Waals surface area contributed by atoms with E-state index in [1.54, 1.807) is 30.4 Å². The summed E-state index contributed by atoms with van der Waals surface area (Å²) in [6.07, 6.45) is 0. The third-order valence-corrected chi connectivity index (χ3v) is 4.11. The van der Waals surface area contributed by atoms with Gasteiger partial charge in [-0.05, 0) is 23.9 Å². The molecule has 1 heterocycles. The Hall–Kier alpha value is -2.25. The van der Waals surface area contributed by atoms with Gasteiger partial charge in [-0.15, -0.1) is 11.3 Å². The molecule has 0 saturated heterocycles. The van der Waals surface area contributed by atoms with E-state index in [4.69, 9.17) is 0 Å². The van der Waals surface area contributed by atoms with Crippen molar-refractivity contribution in [2.24, 2.45) is 0 Å². The molecule has 0 saturated carbocycles. The third-order valence-electron chi connectivity index (χ3n) is 3.23. The van der Waals surface area contributed by atoms with Crippen LogP contribution in [0.2, 0.25) is 0 Å². The molecule has 2 rings (SSSR count). The van der Waals surface area contributed by atoms with Gasteiger partial charge in [-0.1, -0.05) is 18.2 Å². The lowest BCUT2D eigenvalue weighted by molar-refractivity contribution is -0.884. The number of para-hydroxylation sites is 1. The van der Waals surface area contributed by atoms with E-state index in [0.29, 0.717) is 5.56 Å². The summed E-state index contributed by atoms with van der Waals surface area (Å²) in [5.74, 6) is -0.230. The van der Waals surface area contributed by atoms with Gasteiger partial charge in [0.15, 0.2) is 6.54 Å². The molecular formula is C15H18N3O3S+. The highest BCUT2D eigenvalue weighted by Gasteiger charge is 2.19. The van der Waals surface area contributed by atoms with Crippen molar-refractivity contribution in [1.29, 1.82) is 0 Å². The first-order valence-corrected chi connectivity index (χ1v) is 7.73. The highest BCUT2D eigenvalue weighted by molar-refractivity contribution is 7.09. The summed E-state index contributed by atoms with van der Waals surface area (Å²) in [4.78, 5) is 24.9. The maximum atomic E-state index is 12.1. The predicted molar refractivity (Wildman–Crippen MR) is 86.2 cm³/mol. The number of aryl methyl sites for hydroxylation is 1. The smallest absolute Gasteiger partial charge is 0.293 e. The molecule has 0 aliphatic rings. The highest BCUT2D eigenvalue weighted by atomic mass is 32.1. The minimum Gasteiger partial charge on any atom is -0.325 e. The molecule has 22 heavy (non-hydrogen) atoms. The molecule has 0 aliphatic carbocycles. The molecule has 0 radical (unpaired) electrons. The summed E-state index contributed by atoms with van der Waals surface area (Å²) < 4.78 is 0. The SMILES string of the molecule is Cc1cccc([N+](=O)[O-])c1NC(=O)C[NH+](C)Cc1cccs1. The number of carbonyl (C=O) groups is 1. The van der Waals surface area contributed by atoms with Crippen LogP contribution in [0, 0.1) is 17.0 Å². The van der Waals surface area contributed by atoms with Crippen LogP contribution in [0.5, 0.6) is 0 Å². The van der Waals surface area contributed by atoms with Gasteiger partial charge in [0.05, 0.1) is 16.8 Å². The van der Waals surface area contributed by atoms with Crippen molar-refractivity contribution in [2.45, 2.75) is 13.5 Å². The number of anilines is 1. The number of thiophene rings is 1. The van der Waals surface area contributed by atoms with Gasteiger partial charge in [0.25, 0.3) is 11.6 Å². The van der Waals surface area contributed by atoms with E-state index in [0.717, 1.165) is 11.4 Å². The van der Waals surface area contributed by atoms with Crippen molar-refractivity contribution in [3.8, 4) is 0 Å². The van der Waals surface area contributed by atoms with Crippen molar-refractivity contribution in [3.63, 3.8) is 0 Å². The minimum absolute atomic E-state index is 0.0794. The predicted octanol–water partition coefficient (Wildman–Crippen LogP) is 1.62. The van der Waals surface area contributed by atoms with Gasteiger partial charge in [0.1, 0.15) is 12.2 Å².